The largest absolute Gasteiger partial charge is 0.380 e. The Morgan fingerprint density at radius 1 is 1.40 bits per heavy atom. The maximum absolute atomic E-state index is 12.3. The predicted molar refractivity (Wildman–Crippen MR) is 77.2 cm³/mol. The van der Waals surface area contributed by atoms with E-state index in [0.29, 0.717) is 25.5 Å². The molecule has 1 atom stereocenters. The highest BCUT2D eigenvalue weighted by Crippen LogP contribution is 2.20. The zero-order valence-corrected chi connectivity index (χ0v) is 12.7. The van der Waals surface area contributed by atoms with Crippen LogP contribution in [-0.2, 0) is 14.8 Å². The molecule has 1 aromatic rings. The molecular weight excluding hydrogens is 278 g/mol. The van der Waals surface area contributed by atoms with Crippen LogP contribution in [-0.4, -0.2) is 50.6 Å². The Bertz CT molecular complexity index is 524. The Morgan fingerprint density at radius 2 is 2.10 bits per heavy atom. The third-order valence-corrected chi connectivity index (χ3v) is 5.29. The van der Waals surface area contributed by atoms with Crippen LogP contribution in [0.4, 0.5) is 5.82 Å². The Hall–Kier alpha value is -1.18. The van der Waals surface area contributed by atoms with Gasteiger partial charge in [-0.05, 0) is 31.9 Å². The monoisotopic (exact) mass is 299 g/mol. The summed E-state index contributed by atoms with van der Waals surface area (Å²) in [6.07, 6.45) is 3.35. The van der Waals surface area contributed by atoms with Crippen molar-refractivity contribution in [2.24, 2.45) is 0 Å². The van der Waals surface area contributed by atoms with E-state index in [9.17, 15) is 8.42 Å². The summed E-state index contributed by atoms with van der Waals surface area (Å²) in [7, 11) is -1.73. The molecule has 1 fully saturated rings. The van der Waals surface area contributed by atoms with Crippen molar-refractivity contribution < 1.29 is 13.2 Å². The minimum atomic E-state index is -3.37. The first-order valence-corrected chi connectivity index (χ1v) is 8.21. The van der Waals surface area contributed by atoms with E-state index in [1.807, 2.05) is 6.92 Å². The van der Waals surface area contributed by atoms with Crippen LogP contribution in [0.25, 0.3) is 0 Å². The summed E-state index contributed by atoms with van der Waals surface area (Å²) in [5.41, 5.74) is 0. The number of aromatic nitrogens is 1. The lowest BCUT2D eigenvalue weighted by molar-refractivity contribution is 0.128. The number of hydrogen-bond donors (Lipinski definition) is 1. The average Bonchev–Trinajstić information content (AvgIpc) is 3.00. The summed E-state index contributed by atoms with van der Waals surface area (Å²) in [6, 6.07) is 3.28. The van der Waals surface area contributed by atoms with Gasteiger partial charge in [-0.3, -0.25) is 0 Å². The van der Waals surface area contributed by atoms with Crippen LogP contribution < -0.4 is 5.32 Å². The van der Waals surface area contributed by atoms with Crippen molar-refractivity contribution in [2.75, 3.05) is 32.1 Å². The molecule has 1 aromatic heterocycles. The highest BCUT2D eigenvalue weighted by Gasteiger charge is 2.27. The fraction of sp³-hybridized carbons (Fsp3) is 0.615. The second kappa shape index (κ2) is 6.51. The van der Waals surface area contributed by atoms with E-state index in [1.54, 1.807) is 19.2 Å². The lowest BCUT2D eigenvalue weighted by Gasteiger charge is -2.15. The molecule has 1 aliphatic rings. The Kier molecular flexibility index (Phi) is 4.95. The quantitative estimate of drug-likeness (QED) is 0.857. The predicted octanol–water partition coefficient (Wildman–Crippen LogP) is 1.31. The van der Waals surface area contributed by atoms with Crippen LogP contribution in [0, 0.1) is 0 Å². The molecule has 1 saturated heterocycles. The molecule has 0 spiro atoms. The molecule has 1 unspecified atom stereocenters. The van der Waals surface area contributed by atoms with Crippen LogP contribution in [0.3, 0.4) is 0 Å². The molecule has 112 valence electrons. The molecule has 2 rings (SSSR count). The van der Waals surface area contributed by atoms with Gasteiger partial charge in [0.1, 0.15) is 10.7 Å². The van der Waals surface area contributed by atoms with Gasteiger partial charge in [-0.1, -0.05) is 0 Å². The summed E-state index contributed by atoms with van der Waals surface area (Å²) in [5, 5.41) is 3.10. The molecule has 0 aromatic carbocycles. The normalized spacial score (nSPS) is 18.1. The van der Waals surface area contributed by atoms with E-state index in [1.165, 1.54) is 10.5 Å². The topological polar surface area (TPSA) is 71.5 Å². The van der Waals surface area contributed by atoms with Gasteiger partial charge < -0.3 is 10.1 Å². The molecular formula is C13H21N3O3S. The smallest absolute Gasteiger partial charge is 0.244 e. The van der Waals surface area contributed by atoms with Crippen LogP contribution >= 0.6 is 0 Å². The first-order chi connectivity index (χ1) is 9.54. The van der Waals surface area contributed by atoms with Crippen molar-refractivity contribution in [1.29, 1.82) is 0 Å². The number of nitrogens with zero attached hydrogens (tertiary/aromatic N) is 2. The summed E-state index contributed by atoms with van der Waals surface area (Å²) < 4.78 is 31.2. The Labute approximate surface area is 120 Å². The molecule has 1 N–H and O–H groups in total. The summed E-state index contributed by atoms with van der Waals surface area (Å²) in [5.74, 6) is 0.647. The van der Waals surface area contributed by atoms with Gasteiger partial charge in [-0.2, -0.15) is 4.31 Å². The minimum Gasteiger partial charge on any atom is -0.380 e. The fourth-order valence-corrected chi connectivity index (χ4v) is 3.51. The third-order valence-electron chi connectivity index (χ3n) is 3.41. The van der Waals surface area contributed by atoms with Gasteiger partial charge in [0, 0.05) is 32.9 Å². The van der Waals surface area contributed by atoms with Crippen molar-refractivity contribution in [3.05, 3.63) is 18.3 Å². The van der Waals surface area contributed by atoms with Gasteiger partial charge in [0.25, 0.3) is 0 Å². The number of anilines is 1. The first-order valence-electron chi connectivity index (χ1n) is 6.77. The zero-order valence-electron chi connectivity index (χ0n) is 11.9. The van der Waals surface area contributed by atoms with Crippen molar-refractivity contribution >= 4 is 15.8 Å². The molecule has 1 aliphatic heterocycles. The van der Waals surface area contributed by atoms with Crippen LogP contribution in [0.15, 0.2) is 23.2 Å². The Balaban J connectivity index is 2.04. The lowest BCUT2D eigenvalue weighted by atomic mass is 10.4. The SMILES string of the molecule is COC(C)CNc1ccc(S(=O)(=O)N2CCCC2)cn1. The van der Waals surface area contributed by atoms with Crippen LogP contribution in [0.5, 0.6) is 0 Å². The van der Waals surface area contributed by atoms with Crippen molar-refractivity contribution in [3.8, 4) is 0 Å². The van der Waals surface area contributed by atoms with Gasteiger partial charge in [0.2, 0.25) is 10.0 Å². The summed E-state index contributed by atoms with van der Waals surface area (Å²) in [6.45, 7) is 3.78. The molecule has 20 heavy (non-hydrogen) atoms. The maximum Gasteiger partial charge on any atom is 0.244 e. The van der Waals surface area contributed by atoms with E-state index >= 15 is 0 Å². The molecule has 0 saturated carbocycles. The molecule has 6 nitrogen and oxygen atoms in total. The summed E-state index contributed by atoms with van der Waals surface area (Å²) in [4.78, 5) is 4.40. The number of ether oxygens (including phenoxy) is 1. The fourth-order valence-electron chi connectivity index (χ4n) is 2.05. The second-order valence-electron chi connectivity index (χ2n) is 4.92. The van der Waals surface area contributed by atoms with Gasteiger partial charge in [-0.25, -0.2) is 13.4 Å². The van der Waals surface area contributed by atoms with E-state index in [4.69, 9.17) is 4.74 Å². The molecule has 0 radical (unpaired) electrons. The van der Waals surface area contributed by atoms with Gasteiger partial charge in [0.05, 0.1) is 6.10 Å². The van der Waals surface area contributed by atoms with Gasteiger partial charge in [0.15, 0.2) is 0 Å². The Morgan fingerprint density at radius 3 is 2.65 bits per heavy atom. The number of pyridine rings is 1. The van der Waals surface area contributed by atoms with Gasteiger partial charge >= 0.3 is 0 Å². The van der Waals surface area contributed by atoms with E-state index in [-0.39, 0.29) is 11.0 Å². The van der Waals surface area contributed by atoms with Crippen molar-refractivity contribution in [1.82, 2.24) is 9.29 Å². The second-order valence-corrected chi connectivity index (χ2v) is 6.86. The highest BCUT2D eigenvalue weighted by atomic mass is 32.2. The number of methoxy groups -OCH3 is 1. The van der Waals surface area contributed by atoms with E-state index in [2.05, 4.69) is 10.3 Å². The molecule has 2 heterocycles. The number of rotatable bonds is 6. The molecule has 0 aliphatic carbocycles. The highest BCUT2D eigenvalue weighted by molar-refractivity contribution is 7.89. The standard InChI is InChI=1S/C13H21N3O3S/c1-11(19-2)9-14-13-6-5-12(10-15-13)20(17,18)16-7-3-4-8-16/h5-6,10-11H,3-4,7-9H2,1-2H3,(H,14,15). The van der Waals surface area contributed by atoms with E-state index < -0.39 is 10.0 Å². The molecule has 0 amide bonds. The maximum atomic E-state index is 12.3. The summed E-state index contributed by atoms with van der Waals surface area (Å²) >= 11 is 0. The average molecular weight is 299 g/mol. The van der Waals surface area contributed by atoms with Crippen molar-refractivity contribution in [2.45, 2.75) is 30.8 Å². The minimum absolute atomic E-state index is 0.0739. The lowest BCUT2D eigenvalue weighted by Crippen LogP contribution is -2.28. The third kappa shape index (κ3) is 3.47. The van der Waals surface area contributed by atoms with E-state index in [0.717, 1.165) is 12.8 Å². The number of hydrogen-bond acceptors (Lipinski definition) is 5. The van der Waals surface area contributed by atoms with Crippen LogP contribution in [0.1, 0.15) is 19.8 Å². The zero-order chi connectivity index (χ0) is 14.6. The van der Waals surface area contributed by atoms with Crippen LogP contribution in [0.2, 0.25) is 0 Å². The first kappa shape index (κ1) is 15.2. The molecule has 7 heteroatoms. The van der Waals surface area contributed by atoms with Crippen molar-refractivity contribution in [3.63, 3.8) is 0 Å². The number of sulfonamides is 1. The molecule has 0 bridgehead atoms. The van der Waals surface area contributed by atoms with Gasteiger partial charge in [-0.15, -0.1) is 0 Å². The number of nitrogens with one attached hydrogen (secondary N) is 1.